The molecule has 0 radical (unpaired) electrons. The molecule has 4 rings (SSSR count). The van der Waals surface area contributed by atoms with Crippen LogP contribution in [0.4, 0.5) is 18.9 Å². The van der Waals surface area contributed by atoms with Gasteiger partial charge in [-0.05, 0) is 81.9 Å². The van der Waals surface area contributed by atoms with Gasteiger partial charge in [0.1, 0.15) is 0 Å². The summed E-state index contributed by atoms with van der Waals surface area (Å²) in [5, 5.41) is 3.28. The van der Waals surface area contributed by atoms with Gasteiger partial charge in [0.25, 0.3) is 0 Å². The highest BCUT2D eigenvalue weighted by atomic mass is 19.4. The number of hydrogen-bond acceptors (Lipinski definition) is 5. The Hall–Kier alpha value is -2.78. The number of hydrogen-bond donors (Lipinski definition) is 1. The lowest BCUT2D eigenvalue weighted by atomic mass is 9.92. The lowest BCUT2D eigenvalue weighted by Crippen LogP contribution is -2.42. The van der Waals surface area contributed by atoms with Gasteiger partial charge < -0.3 is 19.7 Å². The molecule has 37 heavy (non-hydrogen) atoms. The standard InChI is InChI=1S/C28H36F3N3O3/c1-36-26-19-24(7-8-25(26)37-28(29,30)31)34(27(35)23-9-14-32-15-10-23)18-13-21-11-16-33(17-12-21)20-22-5-3-2-4-6-22/h2-8,19,21,23,32H,9-18,20H2,1H3. The second kappa shape index (κ2) is 12.6. The van der Waals surface area contributed by atoms with Crippen LogP contribution >= 0.6 is 0 Å². The molecule has 2 aliphatic heterocycles. The molecule has 0 saturated carbocycles. The van der Waals surface area contributed by atoms with E-state index in [-0.39, 0.29) is 17.6 Å². The number of methoxy groups -OCH3 is 1. The van der Waals surface area contributed by atoms with Gasteiger partial charge in [-0.15, -0.1) is 13.2 Å². The van der Waals surface area contributed by atoms with Crippen molar-refractivity contribution in [3.8, 4) is 11.5 Å². The number of carbonyl (C=O) groups excluding carboxylic acids is 1. The van der Waals surface area contributed by atoms with Gasteiger partial charge in [-0.25, -0.2) is 0 Å². The number of carbonyl (C=O) groups is 1. The molecule has 0 bridgehead atoms. The van der Waals surface area contributed by atoms with Crippen molar-refractivity contribution in [3.63, 3.8) is 0 Å². The van der Waals surface area contributed by atoms with E-state index >= 15 is 0 Å². The number of rotatable bonds is 9. The molecule has 2 saturated heterocycles. The van der Waals surface area contributed by atoms with E-state index in [2.05, 4.69) is 39.2 Å². The second-order valence-electron chi connectivity index (χ2n) is 9.89. The number of amides is 1. The first-order chi connectivity index (χ1) is 17.8. The zero-order chi connectivity index (χ0) is 26.3. The predicted octanol–water partition coefficient (Wildman–Crippen LogP) is 5.23. The molecular weight excluding hydrogens is 483 g/mol. The number of piperidine rings is 2. The fraction of sp³-hybridized carbons (Fsp3) is 0.536. The number of anilines is 1. The van der Waals surface area contributed by atoms with Crippen LogP contribution in [0.1, 0.15) is 37.7 Å². The van der Waals surface area contributed by atoms with Gasteiger partial charge >= 0.3 is 6.36 Å². The smallest absolute Gasteiger partial charge is 0.493 e. The van der Waals surface area contributed by atoms with E-state index in [1.165, 1.54) is 30.9 Å². The molecule has 2 heterocycles. The third-order valence-electron chi connectivity index (χ3n) is 7.36. The van der Waals surface area contributed by atoms with Gasteiger partial charge in [0.15, 0.2) is 11.5 Å². The summed E-state index contributed by atoms with van der Waals surface area (Å²) >= 11 is 0. The number of likely N-dealkylation sites (tertiary alicyclic amines) is 1. The molecule has 0 aliphatic carbocycles. The van der Waals surface area contributed by atoms with Gasteiger partial charge in [0, 0.05) is 30.8 Å². The van der Waals surface area contributed by atoms with E-state index in [0.29, 0.717) is 18.2 Å². The molecule has 0 atom stereocenters. The molecular formula is C28H36F3N3O3. The van der Waals surface area contributed by atoms with E-state index in [4.69, 9.17) is 4.74 Å². The number of ether oxygens (including phenoxy) is 2. The van der Waals surface area contributed by atoms with Crippen LogP contribution in [-0.4, -0.2) is 57.0 Å². The van der Waals surface area contributed by atoms with Crippen LogP contribution in [0.5, 0.6) is 11.5 Å². The van der Waals surface area contributed by atoms with E-state index in [1.807, 2.05) is 6.07 Å². The summed E-state index contributed by atoms with van der Waals surface area (Å²) in [6.45, 7) is 5.06. The second-order valence-corrected chi connectivity index (χ2v) is 9.89. The Balaban J connectivity index is 1.42. The Labute approximate surface area is 216 Å². The van der Waals surface area contributed by atoms with Crippen LogP contribution in [0.25, 0.3) is 0 Å². The molecule has 6 nitrogen and oxygen atoms in total. The van der Waals surface area contributed by atoms with Crippen molar-refractivity contribution in [2.75, 3.05) is 44.7 Å². The third kappa shape index (κ3) is 7.85. The van der Waals surface area contributed by atoms with E-state index in [0.717, 1.165) is 64.8 Å². The molecule has 0 spiro atoms. The van der Waals surface area contributed by atoms with E-state index in [1.54, 1.807) is 4.90 Å². The highest BCUT2D eigenvalue weighted by molar-refractivity contribution is 5.95. The Morgan fingerprint density at radius 1 is 1.03 bits per heavy atom. The maximum Gasteiger partial charge on any atom is 0.573 e. The SMILES string of the molecule is COc1cc(N(CCC2CCN(Cc3ccccc3)CC2)C(=O)C2CCNCC2)ccc1OC(F)(F)F. The highest BCUT2D eigenvalue weighted by Crippen LogP contribution is 2.36. The molecule has 2 fully saturated rings. The minimum absolute atomic E-state index is 0.0227. The average Bonchev–Trinajstić information content (AvgIpc) is 2.90. The first-order valence-corrected chi connectivity index (χ1v) is 13.0. The average molecular weight is 520 g/mol. The summed E-state index contributed by atoms with van der Waals surface area (Å²) in [4.78, 5) is 17.8. The van der Waals surface area contributed by atoms with Crippen molar-refractivity contribution < 1.29 is 27.4 Å². The molecule has 0 aromatic heterocycles. The third-order valence-corrected chi connectivity index (χ3v) is 7.36. The van der Waals surface area contributed by atoms with Crippen molar-refractivity contribution in [1.82, 2.24) is 10.2 Å². The summed E-state index contributed by atoms with van der Waals surface area (Å²) in [6.07, 6.45) is -0.360. The Bertz CT molecular complexity index is 1000. The maximum atomic E-state index is 13.6. The van der Waals surface area contributed by atoms with Crippen LogP contribution in [-0.2, 0) is 11.3 Å². The van der Waals surface area contributed by atoms with Crippen LogP contribution < -0.4 is 19.7 Å². The van der Waals surface area contributed by atoms with Gasteiger partial charge in [-0.1, -0.05) is 30.3 Å². The number of benzene rings is 2. The van der Waals surface area contributed by atoms with Gasteiger partial charge in [-0.2, -0.15) is 0 Å². The fourth-order valence-corrected chi connectivity index (χ4v) is 5.28. The first kappa shape index (κ1) is 27.3. The molecule has 0 unspecified atom stereocenters. The summed E-state index contributed by atoms with van der Waals surface area (Å²) in [6, 6.07) is 14.7. The zero-order valence-electron chi connectivity index (χ0n) is 21.3. The topological polar surface area (TPSA) is 54.0 Å². The summed E-state index contributed by atoms with van der Waals surface area (Å²) in [5.74, 6) is -0.0586. The lowest BCUT2D eigenvalue weighted by molar-refractivity contribution is -0.275. The minimum atomic E-state index is -4.82. The van der Waals surface area contributed by atoms with Crippen molar-refractivity contribution in [2.45, 2.75) is 45.0 Å². The largest absolute Gasteiger partial charge is 0.573 e. The maximum absolute atomic E-state index is 13.6. The van der Waals surface area contributed by atoms with Crippen LogP contribution in [0.15, 0.2) is 48.5 Å². The number of nitrogens with one attached hydrogen (secondary N) is 1. The Kier molecular flexibility index (Phi) is 9.32. The predicted molar refractivity (Wildman–Crippen MR) is 137 cm³/mol. The van der Waals surface area contributed by atoms with Crippen molar-refractivity contribution >= 4 is 11.6 Å². The minimum Gasteiger partial charge on any atom is -0.493 e. The number of nitrogens with zero attached hydrogens (tertiary/aromatic N) is 2. The van der Waals surface area contributed by atoms with Crippen LogP contribution in [0.3, 0.4) is 0 Å². The first-order valence-electron chi connectivity index (χ1n) is 13.0. The summed E-state index contributed by atoms with van der Waals surface area (Å²) < 4.78 is 47.7. The number of halogens is 3. The number of alkyl halides is 3. The molecule has 202 valence electrons. The molecule has 2 aliphatic rings. The normalized spacial score (nSPS) is 17.9. The van der Waals surface area contributed by atoms with E-state index < -0.39 is 12.1 Å². The van der Waals surface area contributed by atoms with Gasteiger partial charge in [0.2, 0.25) is 5.91 Å². The molecule has 1 amide bonds. The van der Waals surface area contributed by atoms with Crippen molar-refractivity contribution in [3.05, 3.63) is 54.1 Å². The van der Waals surface area contributed by atoms with Crippen LogP contribution in [0.2, 0.25) is 0 Å². The quantitative estimate of drug-likeness (QED) is 0.492. The lowest BCUT2D eigenvalue weighted by Gasteiger charge is -2.34. The zero-order valence-corrected chi connectivity index (χ0v) is 21.3. The van der Waals surface area contributed by atoms with E-state index in [9.17, 15) is 18.0 Å². The molecule has 9 heteroatoms. The Morgan fingerprint density at radius 3 is 2.38 bits per heavy atom. The monoisotopic (exact) mass is 519 g/mol. The van der Waals surface area contributed by atoms with Crippen molar-refractivity contribution in [1.29, 1.82) is 0 Å². The molecule has 2 aromatic carbocycles. The van der Waals surface area contributed by atoms with Gasteiger partial charge in [-0.3, -0.25) is 9.69 Å². The fourth-order valence-electron chi connectivity index (χ4n) is 5.28. The summed E-state index contributed by atoms with van der Waals surface area (Å²) in [5.41, 5.74) is 1.85. The van der Waals surface area contributed by atoms with Crippen LogP contribution in [0, 0.1) is 11.8 Å². The summed E-state index contributed by atoms with van der Waals surface area (Å²) in [7, 11) is 1.30. The Morgan fingerprint density at radius 2 is 1.73 bits per heavy atom. The van der Waals surface area contributed by atoms with Gasteiger partial charge in [0.05, 0.1) is 7.11 Å². The molecule has 1 N–H and O–H groups in total. The molecule has 2 aromatic rings. The van der Waals surface area contributed by atoms with Crippen molar-refractivity contribution in [2.24, 2.45) is 11.8 Å². The highest BCUT2D eigenvalue weighted by Gasteiger charge is 2.33.